The summed E-state index contributed by atoms with van der Waals surface area (Å²) in [7, 11) is 5.50. The lowest BCUT2D eigenvalue weighted by molar-refractivity contribution is 0.414. The molecule has 0 atom stereocenters. The standard InChI is InChI=1S/C23H21NO2/c1-24-21-7-5-4-6-20(21)22(16-8-12-18(25-2)13-9-16)23(24)17-10-14-19(26-3)15-11-17/h4-15H,1-3H3. The molecule has 0 unspecified atom stereocenters. The summed E-state index contributed by atoms with van der Waals surface area (Å²) in [5, 5.41) is 1.24. The summed E-state index contributed by atoms with van der Waals surface area (Å²) in [4.78, 5) is 0. The highest BCUT2D eigenvalue weighted by molar-refractivity contribution is 6.04. The molecule has 0 radical (unpaired) electrons. The molecule has 0 aliphatic heterocycles. The number of para-hydroxylation sites is 1. The van der Waals surface area contributed by atoms with Gasteiger partial charge in [-0.05, 0) is 53.6 Å². The van der Waals surface area contributed by atoms with Crippen molar-refractivity contribution in [2.75, 3.05) is 14.2 Å². The van der Waals surface area contributed by atoms with E-state index in [0.29, 0.717) is 0 Å². The predicted molar refractivity (Wildman–Crippen MR) is 107 cm³/mol. The van der Waals surface area contributed by atoms with E-state index in [1.807, 2.05) is 24.3 Å². The minimum atomic E-state index is 0.860. The third kappa shape index (κ3) is 2.62. The normalized spacial score (nSPS) is 10.9. The van der Waals surface area contributed by atoms with Gasteiger partial charge < -0.3 is 14.0 Å². The molecule has 4 rings (SSSR count). The summed E-state index contributed by atoms with van der Waals surface area (Å²) in [6, 6.07) is 25.0. The summed E-state index contributed by atoms with van der Waals surface area (Å²) < 4.78 is 12.9. The fourth-order valence-electron chi connectivity index (χ4n) is 3.53. The van der Waals surface area contributed by atoms with Gasteiger partial charge in [0.2, 0.25) is 0 Å². The van der Waals surface area contributed by atoms with E-state index in [1.54, 1.807) is 14.2 Å². The quantitative estimate of drug-likeness (QED) is 0.486. The van der Waals surface area contributed by atoms with Gasteiger partial charge in [-0.3, -0.25) is 0 Å². The third-order valence-electron chi connectivity index (χ3n) is 4.85. The fraction of sp³-hybridized carbons (Fsp3) is 0.130. The molecule has 130 valence electrons. The van der Waals surface area contributed by atoms with Crippen molar-refractivity contribution in [2.24, 2.45) is 7.05 Å². The van der Waals surface area contributed by atoms with Gasteiger partial charge in [-0.25, -0.2) is 0 Å². The number of rotatable bonds is 4. The first-order valence-electron chi connectivity index (χ1n) is 8.59. The van der Waals surface area contributed by atoms with Crippen LogP contribution in [0.5, 0.6) is 11.5 Å². The highest BCUT2D eigenvalue weighted by Crippen LogP contribution is 2.40. The van der Waals surface area contributed by atoms with Gasteiger partial charge in [-0.1, -0.05) is 30.3 Å². The Morgan fingerprint density at radius 3 is 1.77 bits per heavy atom. The molecule has 26 heavy (non-hydrogen) atoms. The average Bonchev–Trinajstić information content (AvgIpc) is 3.01. The number of benzene rings is 3. The maximum absolute atomic E-state index is 5.32. The lowest BCUT2D eigenvalue weighted by Crippen LogP contribution is -1.93. The predicted octanol–water partition coefficient (Wildman–Crippen LogP) is 5.53. The summed E-state index contributed by atoms with van der Waals surface area (Å²) in [5.41, 5.74) is 5.97. The highest BCUT2D eigenvalue weighted by atomic mass is 16.5. The Morgan fingerprint density at radius 1 is 0.654 bits per heavy atom. The van der Waals surface area contributed by atoms with Crippen molar-refractivity contribution < 1.29 is 9.47 Å². The molecular formula is C23H21NO2. The lowest BCUT2D eigenvalue weighted by atomic mass is 9.98. The van der Waals surface area contributed by atoms with Crippen LogP contribution in [0, 0.1) is 0 Å². The smallest absolute Gasteiger partial charge is 0.118 e. The van der Waals surface area contributed by atoms with Crippen LogP contribution in [0.15, 0.2) is 72.8 Å². The van der Waals surface area contributed by atoms with E-state index in [2.05, 4.69) is 60.1 Å². The molecular weight excluding hydrogens is 322 g/mol. The molecule has 1 heterocycles. The first kappa shape index (κ1) is 16.3. The summed E-state index contributed by atoms with van der Waals surface area (Å²) in [5.74, 6) is 1.72. The van der Waals surface area contributed by atoms with Crippen molar-refractivity contribution in [3.63, 3.8) is 0 Å². The summed E-state index contributed by atoms with van der Waals surface area (Å²) >= 11 is 0. The minimum Gasteiger partial charge on any atom is -0.497 e. The van der Waals surface area contributed by atoms with Crippen molar-refractivity contribution >= 4 is 10.9 Å². The van der Waals surface area contributed by atoms with Crippen molar-refractivity contribution in [2.45, 2.75) is 0 Å². The van der Waals surface area contributed by atoms with Gasteiger partial charge in [-0.2, -0.15) is 0 Å². The number of nitrogens with zero attached hydrogens (tertiary/aromatic N) is 1. The Bertz CT molecular complexity index is 1040. The molecule has 3 heteroatoms. The van der Waals surface area contributed by atoms with Gasteiger partial charge >= 0.3 is 0 Å². The highest BCUT2D eigenvalue weighted by Gasteiger charge is 2.18. The number of hydrogen-bond acceptors (Lipinski definition) is 2. The van der Waals surface area contributed by atoms with E-state index < -0.39 is 0 Å². The molecule has 3 nitrogen and oxygen atoms in total. The lowest BCUT2D eigenvalue weighted by Gasteiger charge is -2.10. The second kappa shape index (κ2) is 6.60. The molecule has 0 spiro atoms. The zero-order valence-corrected chi connectivity index (χ0v) is 15.2. The number of fused-ring (bicyclic) bond motifs is 1. The second-order valence-electron chi connectivity index (χ2n) is 6.26. The maximum atomic E-state index is 5.32. The fourth-order valence-corrected chi connectivity index (χ4v) is 3.53. The van der Waals surface area contributed by atoms with Crippen LogP contribution in [-0.4, -0.2) is 18.8 Å². The zero-order chi connectivity index (χ0) is 18.1. The van der Waals surface area contributed by atoms with Gasteiger partial charge in [0.15, 0.2) is 0 Å². The summed E-state index contributed by atoms with van der Waals surface area (Å²) in [6.45, 7) is 0. The Labute approximate surface area is 153 Å². The largest absolute Gasteiger partial charge is 0.497 e. The molecule has 0 amide bonds. The van der Waals surface area contributed by atoms with E-state index >= 15 is 0 Å². The molecule has 0 fully saturated rings. The third-order valence-corrected chi connectivity index (χ3v) is 4.85. The first-order chi connectivity index (χ1) is 12.7. The number of ether oxygens (including phenoxy) is 2. The Balaban J connectivity index is 1.99. The minimum absolute atomic E-state index is 0.860. The van der Waals surface area contributed by atoms with Crippen LogP contribution in [0.3, 0.4) is 0 Å². The topological polar surface area (TPSA) is 23.4 Å². The van der Waals surface area contributed by atoms with E-state index in [-0.39, 0.29) is 0 Å². The SMILES string of the molecule is COc1ccc(-c2c(-c3ccc(OC)cc3)n(C)c3ccccc23)cc1. The second-order valence-corrected chi connectivity index (χ2v) is 6.26. The average molecular weight is 343 g/mol. The molecule has 3 aromatic carbocycles. The van der Waals surface area contributed by atoms with Crippen LogP contribution < -0.4 is 9.47 Å². The van der Waals surface area contributed by atoms with Gasteiger partial charge in [0.05, 0.1) is 19.9 Å². The Morgan fingerprint density at radius 2 is 1.19 bits per heavy atom. The number of aryl methyl sites for hydroxylation is 1. The van der Waals surface area contributed by atoms with Crippen molar-refractivity contribution in [3.8, 4) is 33.9 Å². The van der Waals surface area contributed by atoms with E-state index in [0.717, 1.165) is 17.1 Å². The zero-order valence-electron chi connectivity index (χ0n) is 15.2. The molecule has 4 aromatic rings. The van der Waals surface area contributed by atoms with Crippen molar-refractivity contribution in [1.82, 2.24) is 4.57 Å². The molecule has 0 bridgehead atoms. The molecule has 0 aliphatic carbocycles. The van der Waals surface area contributed by atoms with Crippen LogP contribution in [0.1, 0.15) is 0 Å². The van der Waals surface area contributed by atoms with Gasteiger partial charge in [0, 0.05) is 23.5 Å². The van der Waals surface area contributed by atoms with E-state index in [1.165, 1.54) is 27.7 Å². The number of methoxy groups -OCH3 is 2. The van der Waals surface area contributed by atoms with Gasteiger partial charge in [0.25, 0.3) is 0 Å². The van der Waals surface area contributed by atoms with Crippen LogP contribution in [0.4, 0.5) is 0 Å². The van der Waals surface area contributed by atoms with Crippen molar-refractivity contribution in [3.05, 3.63) is 72.8 Å². The first-order valence-corrected chi connectivity index (χ1v) is 8.59. The molecule has 0 aliphatic rings. The molecule has 0 saturated heterocycles. The monoisotopic (exact) mass is 343 g/mol. The van der Waals surface area contributed by atoms with Crippen LogP contribution in [0.2, 0.25) is 0 Å². The Kier molecular flexibility index (Phi) is 4.13. The molecule has 0 N–H and O–H groups in total. The number of hydrogen-bond donors (Lipinski definition) is 0. The summed E-state index contributed by atoms with van der Waals surface area (Å²) in [6.07, 6.45) is 0. The van der Waals surface area contributed by atoms with E-state index in [4.69, 9.17) is 9.47 Å². The van der Waals surface area contributed by atoms with Crippen LogP contribution in [-0.2, 0) is 7.05 Å². The van der Waals surface area contributed by atoms with E-state index in [9.17, 15) is 0 Å². The molecule has 1 aromatic heterocycles. The Hall–Kier alpha value is -3.20. The van der Waals surface area contributed by atoms with Gasteiger partial charge in [-0.15, -0.1) is 0 Å². The van der Waals surface area contributed by atoms with Gasteiger partial charge in [0.1, 0.15) is 11.5 Å². The van der Waals surface area contributed by atoms with Crippen LogP contribution >= 0.6 is 0 Å². The maximum Gasteiger partial charge on any atom is 0.118 e. The molecule has 0 saturated carbocycles. The van der Waals surface area contributed by atoms with Crippen LogP contribution in [0.25, 0.3) is 33.3 Å². The number of aromatic nitrogens is 1. The van der Waals surface area contributed by atoms with Crippen molar-refractivity contribution in [1.29, 1.82) is 0 Å².